The molecule has 1 fully saturated rings. The van der Waals surface area contributed by atoms with Crippen LogP contribution in [0.15, 0.2) is 18.2 Å². The minimum absolute atomic E-state index is 0.0231. The second-order valence-electron chi connectivity index (χ2n) is 2.80. The van der Waals surface area contributed by atoms with E-state index in [1.54, 1.807) is 19.1 Å². The zero-order valence-electron chi connectivity index (χ0n) is 6.30. The molecule has 0 radical (unpaired) electrons. The third kappa shape index (κ3) is 1.14. The fourth-order valence-corrected chi connectivity index (χ4v) is 1.15. The van der Waals surface area contributed by atoms with Crippen LogP contribution in [-0.2, 0) is 4.74 Å². The Morgan fingerprint density at radius 3 is 2.91 bits per heavy atom. The predicted octanol–water partition coefficient (Wildman–Crippen LogP) is 2.21. The lowest BCUT2D eigenvalue weighted by Crippen LogP contribution is -1.90. The van der Waals surface area contributed by atoms with Gasteiger partial charge in [0.2, 0.25) is 0 Å². The van der Waals surface area contributed by atoms with E-state index < -0.39 is 0 Å². The van der Waals surface area contributed by atoms with E-state index in [4.69, 9.17) is 4.74 Å². The highest BCUT2D eigenvalue weighted by Gasteiger charge is 2.27. The number of hydrogen-bond acceptors (Lipinski definition) is 1. The van der Waals surface area contributed by atoms with E-state index in [9.17, 15) is 4.39 Å². The van der Waals surface area contributed by atoms with E-state index >= 15 is 0 Å². The van der Waals surface area contributed by atoms with Gasteiger partial charge in [0.05, 0.1) is 6.61 Å². The van der Waals surface area contributed by atoms with Crippen molar-refractivity contribution in [2.45, 2.75) is 13.0 Å². The van der Waals surface area contributed by atoms with Crippen LogP contribution in [0.1, 0.15) is 17.2 Å². The molecule has 0 N–H and O–H groups in total. The summed E-state index contributed by atoms with van der Waals surface area (Å²) in [5, 5.41) is 0. The third-order valence-electron chi connectivity index (χ3n) is 1.90. The molecule has 0 saturated carbocycles. The molecule has 1 aromatic carbocycles. The molecule has 2 heteroatoms. The van der Waals surface area contributed by atoms with Crippen molar-refractivity contribution in [2.24, 2.45) is 0 Å². The zero-order valence-corrected chi connectivity index (χ0v) is 6.30. The van der Waals surface area contributed by atoms with Gasteiger partial charge < -0.3 is 4.74 Å². The zero-order chi connectivity index (χ0) is 7.84. The highest BCUT2D eigenvalue weighted by atomic mass is 19.1. The summed E-state index contributed by atoms with van der Waals surface area (Å²) in [7, 11) is 0. The third-order valence-corrected chi connectivity index (χ3v) is 1.90. The molecule has 1 aliphatic heterocycles. The molecule has 2 rings (SSSR count). The molecule has 1 heterocycles. The number of epoxide rings is 1. The lowest BCUT2D eigenvalue weighted by atomic mass is 10.1. The second-order valence-corrected chi connectivity index (χ2v) is 2.80. The van der Waals surface area contributed by atoms with E-state index in [1.165, 1.54) is 0 Å². The molecule has 0 aromatic heterocycles. The van der Waals surface area contributed by atoms with E-state index in [0.29, 0.717) is 17.7 Å². The van der Waals surface area contributed by atoms with Gasteiger partial charge in [-0.15, -0.1) is 0 Å². The van der Waals surface area contributed by atoms with Crippen LogP contribution in [0.25, 0.3) is 0 Å². The number of rotatable bonds is 1. The Morgan fingerprint density at radius 2 is 2.27 bits per heavy atom. The highest BCUT2D eigenvalue weighted by molar-refractivity contribution is 5.28. The molecule has 1 atom stereocenters. The summed E-state index contributed by atoms with van der Waals surface area (Å²) >= 11 is 0. The van der Waals surface area contributed by atoms with Gasteiger partial charge in [-0.1, -0.05) is 18.2 Å². The van der Waals surface area contributed by atoms with Gasteiger partial charge in [0.25, 0.3) is 0 Å². The van der Waals surface area contributed by atoms with Crippen LogP contribution in [0, 0.1) is 12.7 Å². The van der Waals surface area contributed by atoms with Gasteiger partial charge in [0, 0.05) is 5.56 Å². The quantitative estimate of drug-likeness (QED) is 0.562. The fourth-order valence-electron chi connectivity index (χ4n) is 1.15. The highest BCUT2D eigenvalue weighted by Crippen LogP contribution is 2.32. The second kappa shape index (κ2) is 2.31. The topological polar surface area (TPSA) is 12.5 Å². The van der Waals surface area contributed by atoms with Crippen molar-refractivity contribution in [3.63, 3.8) is 0 Å². The molecule has 1 aliphatic rings. The lowest BCUT2D eigenvalue weighted by molar-refractivity contribution is 0.407. The van der Waals surface area contributed by atoms with E-state index in [2.05, 4.69) is 0 Å². The van der Waals surface area contributed by atoms with Crippen molar-refractivity contribution in [3.05, 3.63) is 35.1 Å². The first-order valence-corrected chi connectivity index (χ1v) is 3.65. The van der Waals surface area contributed by atoms with Crippen molar-refractivity contribution in [2.75, 3.05) is 6.61 Å². The molecule has 0 aliphatic carbocycles. The monoisotopic (exact) mass is 152 g/mol. The van der Waals surface area contributed by atoms with Crippen LogP contribution in [0.3, 0.4) is 0 Å². The standard InChI is InChI=1S/C9H9FO/c1-6-3-2-4-7(9(6)10)8-5-11-8/h2-4,8H,5H2,1H3. The first kappa shape index (κ1) is 6.80. The molecule has 0 bridgehead atoms. The van der Waals surface area contributed by atoms with Crippen LogP contribution in [0.2, 0.25) is 0 Å². The van der Waals surface area contributed by atoms with Crippen molar-refractivity contribution in [1.29, 1.82) is 0 Å². The van der Waals surface area contributed by atoms with Gasteiger partial charge in [0.15, 0.2) is 0 Å². The van der Waals surface area contributed by atoms with Gasteiger partial charge in [-0.05, 0) is 12.5 Å². The number of aryl methyl sites for hydroxylation is 1. The molecule has 1 saturated heterocycles. The average molecular weight is 152 g/mol. The number of hydrogen-bond donors (Lipinski definition) is 0. The Morgan fingerprint density at radius 1 is 1.55 bits per heavy atom. The summed E-state index contributed by atoms with van der Waals surface area (Å²) in [6.45, 7) is 2.43. The number of benzene rings is 1. The number of halogens is 1. The summed E-state index contributed by atoms with van der Waals surface area (Å²) in [4.78, 5) is 0. The van der Waals surface area contributed by atoms with Crippen molar-refractivity contribution < 1.29 is 9.13 Å². The fraction of sp³-hybridized carbons (Fsp3) is 0.333. The molecule has 11 heavy (non-hydrogen) atoms. The Labute approximate surface area is 64.8 Å². The minimum atomic E-state index is -0.116. The molecule has 58 valence electrons. The Kier molecular flexibility index (Phi) is 1.43. The van der Waals surface area contributed by atoms with E-state index in [-0.39, 0.29) is 11.9 Å². The first-order valence-electron chi connectivity index (χ1n) is 3.65. The lowest BCUT2D eigenvalue weighted by Gasteiger charge is -2.00. The molecular weight excluding hydrogens is 143 g/mol. The van der Waals surface area contributed by atoms with E-state index in [1.807, 2.05) is 6.07 Å². The van der Waals surface area contributed by atoms with Gasteiger partial charge in [-0.2, -0.15) is 0 Å². The summed E-state index contributed by atoms with van der Waals surface area (Å²) in [5.74, 6) is -0.116. The largest absolute Gasteiger partial charge is 0.368 e. The minimum Gasteiger partial charge on any atom is -0.368 e. The van der Waals surface area contributed by atoms with Crippen molar-refractivity contribution in [1.82, 2.24) is 0 Å². The van der Waals surface area contributed by atoms with Crippen LogP contribution >= 0.6 is 0 Å². The SMILES string of the molecule is Cc1cccc(C2CO2)c1F. The summed E-state index contributed by atoms with van der Waals surface area (Å²) < 4.78 is 18.2. The molecule has 1 aromatic rings. The molecule has 0 spiro atoms. The number of ether oxygens (including phenoxy) is 1. The molecule has 1 unspecified atom stereocenters. The molecule has 0 amide bonds. The predicted molar refractivity (Wildman–Crippen MR) is 39.8 cm³/mol. The normalized spacial score (nSPS) is 21.8. The van der Waals surface area contributed by atoms with Crippen molar-refractivity contribution in [3.8, 4) is 0 Å². The maximum atomic E-state index is 13.2. The smallest absolute Gasteiger partial charge is 0.132 e. The van der Waals surface area contributed by atoms with Crippen LogP contribution < -0.4 is 0 Å². The van der Waals surface area contributed by atoms with E-state index in [0.717, 1.165) is 0 Å². The maximum Gasteiger partial charge on any atom is 0.132 e. The van der Waals surface area contributed by atoms with Crippen LogP contribution in [0.5, 0.6) is 0 Å². The van der Waals surface area contributed by atoms with Crippen LogP contribution in [-0.4, -0.2) is 6.61 Å². The van der Waals surface area contributed by atoms with Gasteiger partial charge in [-0.25, -0.2) is 4.39 Å². The molecule has 1 nitrogen and oxygen atoms in total. The average Bonchev–Trinajstić information content (AvgIpc) is 2.77. The molecular formula is C9H9FO. The Balaban J connectivity index is 2.45. The summed E-state index contributed by atoms with van der Waals surface area (Å²) in [6, 6.07) is 5.40. The first-order chi connectivity index (χ1) is 5.29. The van der Waals surface area contributed by atoms with Gasteiger partial charge in [0.1, 0.15) is 11.9 Å². The maximum absolute atomic E-state index is 13.2. The van der Waals surface area contributed by atoms with Gasteiger partial charge in [-0.3, -0.25) is 0 Å². The van der Waals surface area contributed by atoms with Crippen LogP contribution in [0.4, 0.5) is 4.39 Å². The Bertz CT molecular complexity index is 279. The van der Waals surface area contributed by atoms with Gasteiger partial charge >= 0.3 is 0 Å². The Hall–Kier alpha value is -0.890. The van der Waals surface area contributed by atoms with Crippen molar-refractivity contribution >= 4 is 0 Å². The summed E-state index contributed by atoms with van der Waals surface area (Å²) in [6.07, 6.45) is 0.0231. The summed E-state index contributed by atoms with van der Waals surface area (Å²) in [5.41, 5.74) is 1.39.